The first-order chi connectivity index (χ1) is 9.71. The van der Waals surface area contributed by atoms with Crippen LogP contribution >= 0.6 is 0 Å². The number of hydrogen-bond acceptors (Lipinski definition) is 5. The van der Waals surface area contributed by atoms with Gasteiger partial charge in [0, 0.05) is 6.54 Å². The number of rotatable bonds is 2. The van der Waals surface area contributed by atoms with Gasteiger partial charge in [0.05, 0.1) is 6.26 Å². The molecule has 3 amide bonds. The molecule has 2 rings (SSSR count). The van der Waals surface area contributed by atoms with Crippen LogP contribution in [0, 0.1) is 0 Å². The van der Waals surface area contributed by atoms with Crippen molar-refractivity contribution in [2.45, 2.75) is 38.3 Å². The summed E-state index contributed by atoms with van der Waals surface area (Å²) >= 11 is 0. The maximum atomic E-state index is 12.6. The fourth-order valence-corrected chi connectivity index (χ4v) is 3.84. The molecule has 9 heteroatoms. The number of amides is 3. The zero-order valence-electron chi connectivity index (χ0n) is 12.0. The predicted octanol–water partition coefficient (Wildman–Crippen LogP) is -1.33. The second-order valence-corrected chi connectivity index (χ2v) is 7.37. The van der Waals surface area contributed by atoms with Gasteiger partial charge in [-0.05, 0) is 19.8 Å². The Morgan fingerprint density at radius 3 is 2.57 bits per heavy atom. The molecule has 2 unspecified atom stereocenters. The minimum Gasteiger partial charge on any atom is -0.320 e. The predicted molar refractivity (Wildman–Crippen MR) is 73.5 cm³/mol. The molecule has 0 aromatic carbocycles. The maximum Gasteiger partial charge on any atom is 0.249 e. The van der Waals surface area contributed by atoms with Gasteiger partial charge in [0.15, 0.2) is 0 Å². The zero-order chi connectivity index (χ0) is 15.8. The van der Waals surface area contributed by atoms with E-state index in [-0.39, 0.29) is 13.1 Å². The van der Waals surface area contributed by atoms with Crippen LogP contribution in [0.2, 0.25) is 0 Å². The molecule has 2 saturated heterocycles. The van der Waals surface area contributed by atoms with E-state index in [0.717, 1.165) is 17.6 Å². The molecule has 0 aromatic heterocycles. The summed E-state index contributed by atoms with van der Waals surface area (Å²) in [7, 11) is -3.50. The Balaban J connectivity index is 2.24. The van der Waals surface area contributed by atoms with Gasteiger partial charge in [-0.25, -0.2) is 8.42 Å². The molecule has 8 nitrogen and oxygen atoms in total. The molecule has 0 spiro atoms. The van der Waals surface area contributed by atoms with E-state index in [1.54, 1.807) is 0 Å². The maximum absolute atomic E-state index is 12.6. The van der Waals surface area contributed by atoms with Gasteiger partial charge in [-0.15, -0.1) is 0 Å². The van der Waals surface area contributed by atoms with Crippen molar-refractivity contribution in [2.24, 2.45) is 0 Å². The van der Waals surface area contributed by atoms with Crippen molar-refractivity contribution in [3.63, 3.8) is 0 Å². The Morgan fingerprint density at radius 2 is 1.95 bits per heavy atom. The van der Waals surface area contributed by atoms with Gasteiger partial charge in [0.2, 0.25) is 27.7 Å². The number of carbonyl (C=O) groups is 3. The summed E-state index contributed by atoms with van der Waals surface area (Å²) in [4.78, 5) is 36.8. The van der Waals surface area contributed by atoms with E-state index in [1.807, 2.05) is 0 Å². The molecule has 2 atom stereocenters. The molecule has 2 heterocycles. The van der Waals surface area contributed by atoms with Crippen LogP contribution < -0.4 is 5.32 Å². The van der Waals surface area contributed by atoms with Crippen LogP contribution in [0.1, 0.15) is 26.2 Å². The van der Waals surface area contributed by atoms with Crippen molar-refractivity contribution in [3.8, 4) is 0 Å². The summed E-state index contributed by atoms with van der Waals surface area (Å²) in [5.41, 5.74) is 0. The second-order valence-electron chi connectivity index (χ2n) is 5.44. The quantitative estimate of drug-likeness (QED) is 0.636. The third-order valence-electron chi connectivity index (χ3n) is 3.87. The lowest BCUT2D eigenvalue weighted by Crippen LogP contribution is -2.63. The molecular formula is C12H19N3O5S. The summed E-state index contributed by atoms with van der Waals surface area (Å²) in [6.45, 7) is 1.59. The second kappa shape index (κ2) is 5.72. The van der Waals surface area contributed by atoms with Crippen molar-refractivity contribution in [3.05, 3.63) is 0 Å². The number of carbonyl (C=O) groups excluding carboxylic acids is 3. The Labute approximate surface area is 123 Å². The van der Waals surface area contributed by atoms with E-state index in [1.165, 1.54) is 11.2 Å². The lowest BCUT2D eigenvalue weighted by atomic mass is 10.0. The van der Waals surface area contributed by atoms with Gasteiger partial charge in [-0.1, -0.05) is 6.42 Å². The average molecular weight is 317 g/mol. The SMILES string of the molecule is CC1C(=O)NC(=O)CN1C(=O)C1CCCCN1S(C)(=O)=O. The summed E-state index contributed by atoms with van der Waals surface area (Å²) < 4.78 is 24.8. The van der Waals surface area contributed by atoms with E-state index in [2.05, 4.69) is 5.32 Å². The van der Waals surface area contributed by atoms with Gasteiger partial charge in [-0.2, -0.15) is 4.31 Å². The summed E-state index contributed by atoms with van der Waals surface area (Å²) in [5, 5.41) is 2.15. The lowest BCUT2D eigenvalue weighted by Gasteiger charge is -2.39. The number of piperidine rings is 1. The fourth-order valence-electron chi connectivity index (χ4n) is 2.72. The third-order valence-corrected chi connectivity index (χ3v) is 5.16. The van der Waals surface area contributed by atoms with Gasteiger partial charge in [0.1, 0.15) is 18.6 Å². The third kappa shape index (κ3) is 3.24. The molecule has 0 bridgehead atoms. The van der Waals surface area contributed by atoms with Crippen LogP contribution in [0.4, 0.5) is 0 Å². The molecule has 1 N–H and O–H groups in total. The van der Waals surface area contributed by atoms with Crippen LogP contribution in [0.3, 0.4) is 0 Å². The Hall–Kier alpha value is -1.48. The highest BCUT2D eigenvalue weighted by molar-refractivity contribution is 7.88. The van der Waals surface area contributed by atoms with Crippen molar-refractivity contribution >= 4 is 27.7 Å². The summed E-state index contributed by atoms with van der Waals surface area (Å²) in [5.74, 6) is -1.56. The number of nitrogens with one attached hydrogen (secondary N) is 1. The molecule has 0 saturated carbocycles. The molecule has 0 aliphatic carbocycles. The molecular weight excluding hydrogens is 298 g/mol. The number of nitrogens with zero attached hydrogens (tertiary/aromatic N) is 2. The van der Waals surface area contributed by atoms with Crippen molar-refractivity contribution < 1.29 is 22.8 Å². The highest BCUT2D eigenvalue weighted by Gasteiger charge is 2.41. The topological polar surface area (TPSA) is 104 Å². The van der Waals surface area contributed by atoms with E-state index in [0.29, 0.717) is 12.8 Å². The molecule has 2 aliphatic rings. The average Bonchev–Trinajstić information content (AvgIpc) is 2.41. The standard InChI is InChI=1S/C12H19N3O5S/c1-8-11(17)13-10(16)7-14(8)12(18)9-5-3-4-6-15(9)21(2,19)20/h8-9H,3-7H2,1-2H3,(H,13,16,17). The van der Waals surface area contributed by atoms with Crippen LogP contribution in [0.15, 0.2) is 0 Å². The van der Waals surface area contributed by atoms with Crippen LogP contribution in [-0.4, -0.2) is 66.8 Å². The molecule has 118 valence electrons. The van der Waals surface area contributed by atoms with Crippen LogP contribution in [0.5, 0.6) is 0 Å². The first-order valence-electron chi connectivity index (χ1n) is 6.83. The van der Waals surface area contributed by atoms with Gasteiger partial charge in [-0.3, -0.25) is 19.7 Å². The van der Waals surface area contributed by atoms with Crippen LogP contribution in [-0.2, 0) is 24.4 Å². The minimum atomic E-state index is -3.50. The number of piperazine rings is 1. The Kier molecular flexibility index (Phi) is 4.33. The highest BCUT2D eigenvalue weighted by Crippen LogP contribution is 2.23. The molecule has 21 heavy (non-hydrogen) atoms. The number of sulfonamides is 1. The summed E-state index contributed by atoms with van der Waals surface area (Å²) in [6.07, 6.45) is 2.91. The van der Waals surface area contributed by atoms with Gasteiger partial charge < -0.3 is 4.90 Å². The largest absolute Gasteiger partial charge is 0.320 e. The first kappa shape index (κ1) is 15.9. The summed E-state index contributed by atoms with van der Waals surface area (Å²) in [6, 6.07) is -1.60. The zero-order valence-corrected chi connectivity index (χ0v) is 12.9. The normalized spacial score (nSPS) is 28.4. The highest BCUT2D eigenvalue weighted by atomic mass is 32.2. The van der Waals surface area contributed by atoms with E-state index in [4.69, 9.17) is 0 Å². The smallest absolute Gasteiger partial charge is 0.249 e. The monoisotopic (exact) mass is 317 g/mol. The van der Waals surface area contributed by atoms with E-state index >= 15 is 0 Å². The Bertz CT molecular complexity index is 573. The first-order valence-corrected chi connectivity index (χ1v) is 8.67. The van der Waals surface area contributed by atoms with Crippen LogP contribution in [0.25, 0.3) is 0 Å². The van der Waals surface area contributed by atoms with Crippen molar-refractivity contribution in [1.29, 1.82) is 0 Å². The van der Waals surface area contributed by atoms with E-state index in [9.17, 15) is 22.8 Å². The minimum absolute atomic E-state index is 0.222. The number of hydrogen-bond donors (Lipinski definition) is 1. The molecule has 2 aliphatic heterocycles. The fraction of sp³-hybridized carbons (Fsp3) is 0.750. The molecule has 0 aromatic rings. The molecule has 0 radical (unpaired) electrons. The van der Waals surface area contributed by atoms with Gasteiger partial charge >= 0.3 is 0 Å². The van der Waals surface area contributed by atoms with Crippen molar-refractivity contribution in [1.82, 2.24) is 14.5 Å². The molecule has 2 fully saturated rings. The number of imide groups is 1. The van der Waals surface area contributed by atoms with E-state index < -0.39 is 39.8 Å². The Morgan fingerprint density at radius 1 is 1.29 bits per heavy atom. The van der Waals surface area contributed by atoms with Crippen molar-refractivity contribution in [2.75, 3.05) is 19.3 Å². The lowest BCUT2D eigenvalue weighted by molar-refractivity contribution is -0.151. The van der Waals surface area contributed by atoms with Gasteiger partial charge in [0.25, 0.3) is 0 Å².